The molecule has 0 aliphatic carbocycles. The van der Waals surface area contributed by atoms with Crippen LogP contribution >= 0.6 is 7.82 Å². The Balaban J connectivity index is 4.04. The predicted octanol–water partition coefficient (Wildman–Crippen LogP) is 21.5. The number of quaternary nitrogens is 1. The monoisotopic (exact) mass is 1160 g/mol. The van der Waals surface area contributed by atoms with Gasteiger partial charge in [-0.2, -0.15) is 0 Å². The zero-order valence-electron chi connectivity index (χ0n) is 54.2. The van der Waals surface area contributed by atoms with Gasteiger partial charge in [0.15, 0.2) is 0 Å². The van der Waals surface area contributed by atoms with E-state index in [1.807, 2.05) is 27.2 Å². The number of nitrogens with zero attached hydrogens (tertiary/aromatic N) is 1. The number of aliphatic hydroxyl groups is 1. The highest BCUT2D eigenvalue weighted by molar-refractivity contribution is 7.45. The fraction of sp³-hybridized carbons (Fsp3) is 0.819. The molecule has 0 aromatic rings. The minimum absolute atomic E-state index is 0.00941. The largest absolute Gasteiger partial charge is 0.756 e. The summed E-state index contributed by atoms with van der Waals surface area (Å²) in [5, 5.41) is 13.9. The minimum Gasteiger partial charge on any atom is -0.756 e. The van der Waals surface area contributed by atoms with Gasteiger partial charge in [0, 0.05) is 6.42 Å². The summed E-state index contributed by atoms with van der Waals surface area (Å²) in [6, 6.07) is -0.912. The molecule has 0 bridgehead atoms. The zero-order chi connectivity index (χ0) is 59.1. The molecule has 0 aliphatic rings. The molecule has 0 aromatic heterocycles. The number of nitrogens with one attached hydrogen (secondary N) is 1. The van der Waals surface area contributed by atoms with Crippen LogP contribution in [-0.2, 0) is 18.4 Å². The van der Waals surface area contributed by atoms with Gasteiger partial charge in [-0.25, -0.2) is 0 Å². The van der Waals surface area contributed by atoms with Gasteiger partial charge in [0.2, 0.25) is 5.91 Å². The van der Waals surface area contributed by atoms with Gasteiger partial charge in [-0.1, -0.05) is 311 Å². The number of amides is 1. The number of allylic oxidation sites excluding steroid dienone is 11. The molecule has 3 unspecified atom stereocenters. The van der Waals surface area contributed by atoms with Crippen LogP contribution in [0.3, 0.4) is 0 Å². The molecule has 3 atom stereocenters. The van der Waals surface area contributed by atoms with Gasteiger partial charge >= 0.3 is 0 Å². The third-order valence-corrected chi connectivity index (χ3v) is 16.6. The summed E-state index contributed by atoms with van der Waals surface area (Å²) >= 11 is 0. The summed E-state index contributed by atoms with van der Waals surface area (Å²) in [6.07, 6.45) is 87.5. The average molecular weight is 1160 g/mol. The van der Waals surface area contributed by atoms with E-state index in [9.17, 15) is 19.4 Å². The molecule has 8 nitrogen and oxygen atoms in total. The predicted molar refractivity (Wildman–Crippen MR) is 353 cm³/mol. The topological polar surface area (TPSA) is 108 Å². The quantitative estimate of drug-likeness (QED) is 0.0272. The number of carbonyl (C=O) groups excluding carboxylic acids is 1. The molecule has 81 heavy (non-hydrogen) atoms. The first-order valence-corrected chi connectivity index (χ1v) is 36.3. The molecule has 0 saturated carbocycles. The summed E-state index contributed by atoms with van der Waals surface area (Å²) in [4.78, 5) is 25.6. The van der Waals surface area contributed by atoms with E-state index in [4.69, 9.17) is 9.05 Å². The summed E-state index contributed by atoms with van der Waals surface area (Å²) in [5.41, 5.74) is 0. The van der Waals surface area contributed by atoms with Crippen LogP contribution in [0.25, 0.3) is 0 Å². The lowest BCUT2D eigenvalue weighted by atomic mass is 10.0. The van der Waals surface area contributed by atoms with E-state index in [1.165, 1.54) is 250 Å². The van der Waals surface area contributed by atoms with Gasteiger partial charge < -0.3 is 28.8 Å². The zero-order valence-corrected chi connectivity index (χ0v) is 55.1. The van der Waals surface area contributed by atoms with E-state index in [1.54, 1.807) is 6.08 Å². The standard InChI is InChI=1S/C72H135N2O6P/c1-6-8-10-12-14-16-18-20-22-24-26-28-30-31-32-33-34-35-36-37-38-39-40-41-42-43-44-46-48-50-52-54-56-58-60-62-64-66-72(76)73-70(69-80-81(77,78)79-68-67-74(3,4)5)71(75)65-63-61-59-57-55-53-51-49-47-45-29-27-25-23-21-19-17-15-13-11-9-7-2/h18,20,24,26,30-31,47,49,55,57,63,65,70-71,75H,6-17,19,21-23,25,27-29,32-46,48,50-54,56,58-62,64,66-69H2,1-5H3,(H-,73,76,77,78)/b20-18-,26-24-,31-30-,49-47+,57-55+,65-63+. The van der Waals surface area contributed by atoms with Gasteiger partial charge in [0.05, 0.1) is 39.9 Å². The van der Waals surface area contributed by atoms with Crippen LogP contribution in [0.1, 0.15) is 328 Å². The second-order valence-corrected chi connectivity index (χ2v) is 26.3. The molecule has 0 saturated heterocycles. The summed E-state index contributed by atoms with van der Waals surface area (Å²) in [5.74, 6) is -0.207. The molecule has 474 valence electrons. The van der Waals surface area contributed by atoms with Gasteiger partial charge in [0.1, 0.15) is 13.2 Å². The van der Waals surface area contributed by atoms with Crippen LogP contribution in [0.4, 0.5) is 0 Å². The highest BCUT2D eigenvalue weighted by Gasteiger charge is 2.23. The molecule has 1 amide bonds. The summed E-state index contributed by atoms with van der Waals surface area (Å²) in [6.45, 7) is 4.64. The maximum atomic E-state index is 13.0. The number of phosphoric acid groups is 1. The molecule has 0 radical (unpaired) electrons. The van der Waals surface area contributed by atoms with Crippen molar-refractivity contribution < 1.29 is 32.9 Å². The highest BCUT2D eigenvalue weighted by atomic mass is 31.2. The highest BCUT2D eigenvalue weighted by Crippen LogP contribution is 2.38. The Labute approximate surface area is 504 Å². The second kappa shape index (κ2) is 62.5. The van der Waals surface area contributed by atoms with E-state index in [2.05, 4.69) is 79.9 Å². The Bertz CT molecular complexity index is 1550. The lowest BCUT2D eigenvalue weighted by molar-refractivity contribution is -0.870. The first-order valence-electron chi connectivity index (χ1n) is 34.8. The Kier molecular flexibility index (Phi) is 60.9. The summed E-state index contributed by atoms with van der Waals surface area (Å²) in [7, 11) is 1.24. The van der Waals surface area contributed by atoms with Crippen LogP contribution in [-0.4, -0.2) is 68.5 Å². The molecular weight excluding hydrogens is 1020 g/mol. The van der Waals surface area contributed by atoms with Crippen molar-refractivity contribution in [3.05, 3.63) is 72.9 Å². The van der Waals surface area contributed by atoms with Crippen molar-refractivity contribution in [2.24, 2.45) is 0 Å². The number of aliphatic hydroxyl groups excluding tert-OH is 1. The number of likely N-dealkylation sites (N-methyl/N-ethyl adjacent to an activating group) is 1. The lowest BCUT2D eigenvalue weighted by Gasteiger charge is -2.29. The molecule has 0 fully saturated rings. The smallest absolute Gasteiger partial charge is 0.268 e. The van der Waals surface area contributed by atoms with Crippen molar-refractivity contribution in [3.63, 3.8) is 0 Å². The molecular formula is C72H135N2O6P. The molecule has 0 spiro atoms. The SMILES string of the molecule is CCCCCCC/C=C\C/C=C\C/C=C\CCCCCCCCCCCCCCCCCCCCCCCCC(=O)NC(COP(=O)([O-])OCC[N+](C)(C)C)C(O)/C=C/CC/C=C/CC/C=C/CCCCCCCCCCCCCC. The van der Waals surface area contributed by atoms with Gasteiger partial charge in [-0.3, -0.25) is 9.36 Å². The van der Waals surface area contributed by atoms with Crippen molar-refractivity contribution in [1.29, 1.82) is 0 Å². The van der Waals surface area contributed by atoms with Crippen LogP contribution in [0.15, 0.2) is 72.9 Å². The number of phosphoric ester groups is 1. The van der Waals surface area contributed by atoms with Crippen molar-refractivity contribution in [2.75, 3.05) is 40.9 Å². The second-order valence-electron chi connectivity index (χ2n) is 24.9. The van der Waals surface area contributed by atoms with E-state index >= 15 is 0 Å². The fourth-order valence-electron chi connectivity index (χ4n) is 10.2. The Morgan fingerprint density at radius 2 is 0.728 bits per heavy atom. The van der Waals surface area contributed by atoms with Gasteiger partial charge in [0.25, 0.3) is 7.82 Å². The van der Waals surface area contributed by atoms with Crippen molar-refractivity contribution in [1.82, 2.24) is 5.32 Å². The number of hydrogen-bond acceptors (Lipinski definition) is 6. The number of hydrogen-bond donors (Lipinski definition) is 2. The molecule has 0 aromatic carbocycles. The Hall–Kier alpha value is -2.06. The Morgan fingerprint density at radius 3 is 1.09 bits per heavy atom. The number of unbranched alkanes of at least 4 members (excludes halogenated alkanes) is 41. The number of carbonyl (C=O) groups is 1. The molecule has 9 heteroatoms. The molecule has 2 N–H and O–H groups in total. The van der Waals surface area contributed by atoms with E-state index in [0.717, 1.165) is 57.8 Å². The molecule has 0 heterocycles. The molecule has 0 rings (SSSR count). The first-order chi connectivity index (χ1) is 39.5. The summed E-state index contributed by atoms with van der Waals surface area (Å²) < 4.78 is 23.4. The minimum atomic E-state index is -4.62. The van der Waals surface area contributed by atoms with Crippen molar-refractivity contribution in [2.45, 2.75) is 341 Å². The normalized spacial score (nSPS) is 14.1. The Morgan fingerprint density at radius 1 is 0.432 bits per heavy atom. The average Bonchev–Trinajstić information content (AvgIpc) is 3.43. The van der Waals surface area contributed by atoms with Crippen molar-refractivity contribution in [3.8, 4) is 0 Å². The van der Waals surface area contributed by atoms with Crippen LogP contribution in [0.5, 0.6) is 0 Å². The number of rotatable bonds is 64. The van der Waals surface area contributed by atoms with E-state index in [0.29, 0.717) is 17.4 Å². The van der Waals surface area contributed by atoms with Gasteiger partial charge in [-0.05, 0) is 83.5 Å². The van der Waals surface area contributed by atoms with Crippen LogP contribution in [0, 0.1) is 0 Å². The lowest BCUT2D eigenvalue weighted by Crippen LogP contribution is -2.45. The van der Waals surface area contributed by atoms with E-state index in [-0.39, 0.29) is 12.5 Å². The first kappa shape index (κ1) is 78.9. The maximum absolute atomic E-state index is 13.0. The fourth-order valence-corrected chi connectivity index (χ4v) is 10.9. The van der Waals surface area contributed by atoms with Crippen LogP contribution < -0.4 is 10.2 Å². The molecule has 0 aliphatic heterocycles. The van der Waals surface area contributed by atoms with Crippen LogP contribution in [0.2, 0.25) is 0 Å². The third-order valence-electron chi connectivity index (χ3n) is 15.6. The third kappa shape index (κ3) is 65.3. The van der Waals surface area contributed by atoms with Crippen molar-refractivity contribution >= 4 is 13.7 Å². The van der Waals surface area contributed by atoms with E-state index < -0.39 is 26.6 Å². The van der Waals surface area contributed by atoms with Gasteiger partial charge in [-0.15, -0.1) is 0 Å². The maximum Gasteiger partial charge on any atom is 0.268 e.